The Morgan fingerprint density at radius 2 is 2.06 bits per heavy atom. The van der Waals surface area contributed by atoms with E-state index in [9.17, 15) is 14.3 Å². The molecule has 1 aliphatic heterocycles. The molecule has 1 saturated carbocycles. The van der Waals surface area contributed by atoms with E-state index in [-0.39, 0.29) is 11.6 Å². The highest BCUT2D eigenvalue weighted by Gasteiger charge is 2.27. The van der Waals surface area contributed by atoms with Crippen LogP contribution in [0, 0.1) is 5.95 Å². The number of pyridine rings is 1. The number of hydrogen-bond acceptors (Lipinski definition) is 5. The number of anilines is 1. The fourth-order valence-electron chi connectivity index (χ4n) is 4.90. The molecule has 7 heteroatoms. The van der Waals surface area contributed by atoms with Gasteiger partial charge in [-0.05, 0) is 48.6 Å². The molecule has 0 bridgehead atoms. The number of nitrogens with zero attached hydrogens (tertiary/aromatic N) is 4. The normalized spacial score (nSPS) is 20.8. The summed E-state index contributed by atoms with van der Waals surface area (Å²) in [6.45, 7) is 0.724. The fraction of sp³-hybridized carbons (Fsp3) is 0.375. The van der Waals surface area contributed by atoms with Crippen LogP contribution in [0.1, 0.15) is 48.4 Å². The number of fused-ring (bicyclic) bond motifs is 3. The smallest absolute Gasteiger partial charge is 0.261 e. The van der Waals surface area contributed by atoms with Crippen LogP contribution in [0.25, 0.3) is 17.0 Å². The highest BCUT2D eigenvalue weighted by atomic mass is 19.1. The van der Waals surface area contributed by atoms with Crippen LogP contribution < -0.4 is 10.5 Å². The van der Waals surface area contributed by atoms with Gasteiger partial charge < -0.3 is 10.0 Å². The Labute approximate surface area is 179 Å². The molecule has 2 aliphatic rings. The lowest BCUT2D eigenvalue weighted by atomic mass is 9.92. The Kier molecular flexibility index (Phi) is 5.06. The molecule has 2 atom stereocenters. The van der Waals surface area contributed by atoms with Crippen molar-refractivity contribution in [3.8, 4) is 0 Å². The molecule has 160 valence electrons. The second-order valence-electron chi connectivity index (χ2n) is 8.52. The first-order valence-corrected chi connectivity index (χ1v) is 10.8. The third-order valence-electron chi connectivity index (χ3n) is 6.46. The predicted molar refractivity (Wildman–Crippen MR) is 119 cm³/mol. The van der Waals surface area contributed by atoms with Gasteiger partial charge in [-0.2, -0.15) is 4.39 Å². The largest absolute Gasteiger partial charge is 0.391 e. The topological polar surface area (TPSA) is 71.2 Å². The summed E-state index contributed by atoms with van der Waals surface area (Å²) in [5.74, 6) is -0.518. The maximum Gasteiger partial charge on any atom is 0.261 e. The lowest BCUT2D eigenvalue weighted by Gasteiger charge is -2.30. The maximum absolute atomic E-state index is 13.7. The van der Waals surface area contributed by atoms with Crippen LogP contribution in [0.5, 0.6) is 0 Å². The van der Waals surface area contributed by atoms with Crippen LogP contribution in [-0.2, 0) is 6.42 Å². The number of hydrogen-bond donors (Lipinski definition) is 1. The second kappa shape index (κ2) is 7.89. The van der Waals surface area contributed by atoms with Crippen molar-refractivity contribution in [1.29, 1.82) is 0 Å². The Balaban J connectivity index is 1.70. The van der Waals surface area contributed by atoms with Crippen molar-refractivity contribution in [1.82, 2.24) is 14.5 Å². The van der Waals surface area contributed by atoms with E-state index in [0.717, 1.165) is 48.2 Å². The monoisotopic (exact) mass is 420 g/mol. The highest BCUT2D eigenvalue weighted by Crippen LogP contribution is 2.36. The minimum absolute atomic E-state index is 0.135. The van der Waals surface area contributed by atoms with Gasteiger partial charge in [0.15, 0.2) is 0 Å². The zero-order valence-electron chi connectivity index (χ0n) is 17.5. The molecular formula is C24H25FN4O2. The third-order valence-corrected chi connectivity index (χ3v) is 6.46. The molecule has 0 saturated heterocycles. The summed E-state index contributed by atoms with van der Waals surface area (Å²) in [6.07, 6.45) is 10.6. The summed E-state index contributed by atoms with van der Waals surface area (Å²) in [5.41, 5.74) is 4.18. The van der Waals surface area contributed by atoms with Crippen LogP contribution in [-0.4, -0.2) is 39.3 Å². The molecular weight excluding hydrogens is 395 g/mol. The lowest BCUT2D eigenvalue weighted by Crippen LogP contribution is -2.35. The first-order valence-electron chi connectivity index (χ1n) is 10.8. The quantitative estimate of drug-likeness (QED) is 0.657. The average Bonchev–Trinajstić information content (AvgIpc) is 2.75. The summed E-state index contributed by atoms with van der Waals surface area (Å²) in [7, 11) is 1.98. The van der Waals surface area contributed by atoms with E-state index in [2.05, 4.69) is 27.0 Å². The summed E-state index contributed by atoms with van der Waals surface area (Å²) < 4.78 is 15.3. The van der Waals surface area contributed by atoms with Crippen molar-refractivity contribution in [2.45, 2.75) is 44.2 Å². The molecule has 0 spiro atoms. The van der Waals surface area contributed by atoms with E-state index in [1.165, 1.54) is 12.3 Å². The Bertz CT molecular complexity index is 1240. The van der Waals surface area contributed by atoms with Crippen molar-refractivity contribution in [2.24, 2.45) is 0 Å². The van der Waals surface area contributed by atoms with Gasteiger partial charge in [-0.3, -0.25) is 9.36 Å². The number of rotatable bonds is 3. The Morgan fingerprint density at radius 1 is 1.23 bits per heavy atom. The molecule has 1 N–H and O–H groups in total. The minimum atomic E-state index is -0.534. The van der Waals surface area contributed by atoms with Gasteiger partial charge in [-0.25, -0.2) is 9.97 Å². The molecule has 5 rings (SSSR count). The number of benzene rings is 1. The standard InChI is InChI=1S/C24H25FN4O2/c1-28-10-4-5-17-16(11-15-8-9-26-21(25)12-15)13-18-22(23(17)28)27-14-29(24(18)31)19-6-2-3-7-20(19)30/h4-5,8-9,12-14,19-20,30H,2-3,6-7,10-11H2,1H3/t19-,20-/m0/s1. The predicted octanol–water partition coefficient (Wildman–Crippen LogP) is 3.46. The zero-order valence-corrected chi connectivity index (χ0v) is 17.5. The maximum atomic E-state index is 13.7. The van der Waals surface area contributed by atoms with Gasteiger partial charge in [0.2, 0.25) is 5.95 Å². The van der Waals surface area contributed by atoms with E-state index in [0.29, 0.717) is 23.7 Å². The third kappa shape index (κ3) is 3.53. The van der Waals surface area contributed by atoms with E-state index >= 15 is 0 Å². The van der Waals surface area contributed by atoms with Gasteiger partial charge >= 0.3 is 0 Å². The molecule has 1 aromatic carbocycles. The van der Waals surface area contributed by atoms with Crippen molar-refractivity contribution < 1.29 is 9.50 Å². The van der Waals surface area contributed by atoms with Crippen LogP contribution in [0.3, 0.4) is 0 Å². The van der Waals surface area contributed by atoms with Gasteiger partial charge in [0.25, 0.3) is 5.56 Å². The van der Waals surface area contributed by atoms with Gasteiger partial charge in [0.05, 0.1) is 29.5 Å². The number of aliphatic hydroxyl groups is 1. The van der Waals surface area contributed by atoms with E-state index in [4.69, 9.17) is 0 Å². The molecule has 0 radical (unpaired) electrons. The molecule has 6 nitrogen and oxygen atoms in total. The van der Waals surface area contributed by atoms with Gasteiger partial charge in [0.1, 0.15) is 5.52 Å². The number of aromatic nitrogens is 3. The van der Waals surface area contributed by atoms with Crippen LogP contribution in [0.15, 0.2) is 41.6 Å². The zero-order chi connectivity index (χ0) is 21.5. The Hall–Kier alpha value is -3.06. The SMILES string of the molecule is CN1CC=Cc2c(Cc3ccnc(F)c3)cc3c(=O)n([C@H]4CCCC[C@@H]4O)cnc3c21. The van der Waals surface area contributed by atoms with E-state index in [1.807, 2.05) is 13.1 Å². The molecule has 0 unspecified atom stereocenters. The second-order valence-corrected chi connectivity index (χ2v) is 8.52. The summed E-state index contributed by atoms with van der Waals surface area (Å²) in [5, 5.41) is 11.0. The first kappa shape index (κ1) is 19.9. The summed E-state index contributed by atoms with van der Waals surface area (Å²) in [4.78, 5) is 23.9. The highest BCUT2D eigenvalue weighted by molar-refractivity contribution is 5.97. The van der Waals surface area contributed by atoms with Gasteiger partial charge in [-0.15, -0.1) is 0 Å². The van der Waals surface area contributed by atoms with Crippen molar-refractivity contribution >= 4 is 22.7 Å². The molecule has 31 heavy (non-hydrogen) atoms. The number of likely N-dealkylation sites (N-methyl/N-ethyl adjacent to an activating group) is 1. The van der Waals surface area contributed by atoms with Gasteiger partial charge in [-0.1, -0.05) is 25.0 Å². The molecule has 1 aliphatic carbocycles. The molecule has 3 heterocycles. The van der Waals surface area contributed by atoms with Gasteiger partial charge in [0, 0.05) is 25.4 Å². The van der Waals surface area contributed by atoms with E-state index < -0.39 is 12.1 Å². The van der Waals surface area contributed by atoms with Crippen LogP contribution in [0.4, 0.5) is 10.1 Å². The molecule has 3 aromatic rings. The van der Waals surface area contributed by atoms with E-state index in [1.54, 1.807) is 17.0 Å². The van der Waals surface area contributed by atoms with Crippen LogP contribution >= 0.6 is 0 Å². The number of aliphatic hydroxyl groups excluding tert-OH is 1. The molecule has 0 amide bonds. The van der Waals surface area contributed by atoms with Crippen molar-refractivity contribution in [3.63, 3.8) is 0 Å². The van der Waals surface area contributed by atoms with Crippen molar-refractivity contribution in [2.75, 3.05) is 18.5 Å². The summed E-state index contributed by atoms with van der Waals surface area (Å²) >= 11 is 0. The number of halogens is 1. The first-order chi connectivity index (χ1) is 15.0. The molecule has 2 aromatic heterocycles. The summed E-state index contributed by atoms with van der Waals surface area (Å²) in [6, 6.07) is 4.85. The fourth-order valence-corrected chi connectivity index (χ4v) is 4.90. The van der Waals surface area contributed by atoms with Crippen LogP contribution in [0.2, 0.25) is 0 Å². The Morgan fingerprint density at radius 3 is 2.87 bits per heavy atom. The van der Waals surface area contributed by atoms with Crippen molar-refractivity contribution in [3.05, 3.63) is 69.8 Å². The minimum Gasteiger partial charge on any atom is -0.391 e. The lowest BCUT2D eigenvalue weighted by molar-refractivity contribution is 0.0735. The molecule has 1 fully saturated rings. The average molecular weight is 420 g/mol.